The molecule has 9 N–H and O–H groups in total. The standard InChI is InChI=1S/C32H46N6O6/c1-17(2)27(29(34)41)38-32(44)28(18(3)4)37-26(40)16-35-31(43)25(14-21-10-8-7-9-11-21)36-30(42)24(33)15-23-19(5)12-22(39)13-20(23)6/h7-13,17-18,24-25,27-28,39H,14-16,33H2,1-6H3,(H2,34,41)(H,35,43)(H,36,42)(H,37,40)(H,38,44)/t24-,25+,27-,28-/m0/s1. The van der Waals surface area contributed by atoms with Gasteiger partial charge in [-0.3, -0.25) is 24.0 Å². The molecule has 0 saturated heterocycles. The summed E-state index contributed by atoms with van der Waals surface area (Å²) in [6.45, 7) is 10.1. The van der Waals surface area contributed by atoms with E-state index in [1.165, 1.54) is 0 Å². The van der Waals surface area contributed by atoms with Crippen LogP contribution in [0.5, 0.6) is 5.75 Å². The Kier molecular flexibility index (Phi) is 13.3. The van der Waals surface area contributed by atoms with E-state index >= 15 is 0 Å². The van der Waals surface area contributed by atoms with Crippen LogP contribution < -0.4 is 32.7 Å². The molecule has 0 aliphatic rings. The maximum absolute atomic E-state index is 13.3. The van der Waals surface area contributed by atoms with Crippen LogP contribution in [-0.4, -0.2) is 65.4 Å². The highest BCUT2D eigenvalue weighted by Gasteiger charge is 2.30. The third-order valence-corrected chi connectivity index (χ3v) is 7.32. The van der Waals surface area contributed by atoms with Gasteiger partial charge in [-0.1, -0.05) is 58.0 Å². The van der Waals surface area contributed by atoms with Gasteiger partial charge in [-0.05, 0) is 66.5 Å². The molecule has 12 nitrogen and oxygen atoms in total. The van der Waals surface area contributed by atoms with Crippen LogP contribution in [0, 0.1) is 25.7 Å². The van der Waals surface area contributed by atoms with Gasteiger partial charge in [-0.15, -0.1) is 0 Å². The maximum atomic E-state index is 13.3. The SMILES string of the molecule is Cc1cc(O)cc(C)c1C[C@H](N)C(=O)N[C@H](Cc1ccccc1)C(=O)NCC(=O)N[C@H](C(=O)N[C@H](C(N)=O)C(C)C)C(C)C. The van der Waals surface area contributed by atoms with Gasteiger partial charge in [-0.2, -0.15) is 0 Å². The molecule has 0 aliphatic heterocycles. The van der Waals surface area contributed by atoms with E-state index in [1.54, 1.807) is 52.0 Å². The number of rotatable bonds is 15. The molecule has 240 valence electrons. The normalized spacial score (nSPS) is 13.8. The molecule has 2 aromatic carbocycles. The minimum absolute atomic E-state index is 0.121. The van der Waals surface area contributed by atoms with Crippen LogP contribution in [0.25, 0.3) is 0 Å². The Morgan fingerprint density at radius 3 is 1.86 bits per heavy atom. The molecule has 44 heavy (non-hydrogen) atoms. The third-order valence-electron chi connectivity index (χ3n) is 7.32. The summed E-state index contributed by atoms with van der Waals surface area (Å²) in [5, 5.41) is 20.3. The van der Waals surface area contributed by atoms with Crippen molar-refractivity contribution in [1.29, 1.82) is 0 Å². The first-order valence-electron chi connectivity index (χ1n) is 14.7. The highest BCUT2D eigenvalue weighted by atomic mass is 16.3. The van der Waals surface area contributed by atoms with E-state index in [4.69, 9.17) is 11.5 Å². The second kappa shape index (κ2) is 16.4. The Bertz CT molecular complexity index is 1310. The van der Waals surface area contributed by atoms with Gasteiger partial charge in [0.05, 0.1) is 12.6 Å². The first-order chi connectivity index (χ1) is 20.6. The first-order valence-corrected chi connectivity index (χ1v) is 14.7. The van der Waals surface area contributed by atoms with E-state index in [-0.39, 0.29) is 30.4 Å². The summed E-state index contributed by atoms with van der Waals surface area (Å²) in [5.41, 5.74) is 14.8. The summed E-state index contributed by atoms with van der Waals surface area (Å²) in [6, 6.07) is 8.34. The van der Waals surface area contributed by atoms with E-state index < -0.39 is 60.2 Å². The lowest BCUT2D eigenvalue weighted by molar-refractivity contribution is -0.133. The summed E-state index contributed by atoms with van der Waals surface area (Å²) >= 11 is 0. The summed E-state index contributed by atoms with van der Waals surface area (Å²) in [7, 11) is 0. The van der Waals surface area contributed by atoms with Crippen molar-refractivity contribution in [3.05, 3.63) is 64.7 Å². The fourth-order valence-corrected chi connectivity index (χ4v) is 4.80. The lowest BCUT2D eigenvalue weighted by Crippen LogP contribution is -2.58. The van der Waals surface area contributed by atoms with Crippen molar-refractivity contribution in [2.24, 2.45) is 23.3 Å². The van der Waals surface area contributed by atoms with Crippen LogP contribution in [0.2, 0.25) is 0 Å². The van der Waals surface area contributed by atoms with E-state index in [0.717, 1.165) is 22.3 Å². The van der Waals surface area contributed by atoms with Crippen molar-refractivity contribution in [3.63, 3.8) is 0 Å². The van der Waals surface area contributed by atoms with Crippen LogP contribution in [0.15, 0.2) is 42.5 Å². The average molecular weight is 611 g/mol. The quantitative estimate of drug-likeness (QED) is 0.152. The fourth-order valence-electron chi connectivity index (χ4n) is 4.80. The molecule has 0 aliphatic carbocycles. The number of amides is 5. The van der Waals surface area contributed by atoms with Crippen molar-refractivity contribution in [2.75, 3.05) is 6.54 Å². The number of hydrogen-bond donors (Lipinski definition) is 7. The smallest absolute Gasteiger partial charge is 0.243 e. The largest absolute Gasteiger partial charge is 0.508 e. The Balaban J connectivity index is 2.10. The van der Waals surface area contributed by atoms with E-state index in [9.17, 15) is 29.1 Å². The molecule has 0 heterocycles. The molecule has 0 unspecified atom stereocenters. The topological polar surface area (TPSA) is 206 Å². The molecule has 5 amide bonds. The second-order valence-corrected chi connectivity index (χ2v) is 11.8. The zero-order valence-electron chi connectivity index (χ0n) is 26.3. The van der Waals surface area contributed by atoms with Gasteiger partial charge in [0, 0.05) is 6.42 Å². The number of phenols is 1. The van der Waals surface area contributed by atoms with Crippen molar-refractivity contribution >= 4 is 29.5 Å². The molecule has 0 spiro atoms. The van der Waals surface area contributed by atoms with Crippen molar-refractivity contribution in [2.45, 2.75) is 78.6 Å². The third kappa shape index (κ3) is 10.7. The molecule has 2 aromatic rings. The van der Waals surface area contributed by atoms with Crippen LogP contribution in [0.3, 0.4) is 0 Å². The van der Waals surface area contributed by atoms with E-state index in [2.05, 4.69) is 21.3 Å². The zero-order valence-corrected chi connectivity index (χ0v) is 26.3. The predicted octanol–water partition coefficient (Wildman–Crippen LogP) is 0.489. The minimum atomic E-state index is -1.04. The number of carbonyl (C=O) groups is 5. The van der Waals surface area contributed by atoms with E-state index in [0.29, 0.717) is 0 Å². The fraction of sp³-hybridized carbons (Fsp3) is 0.469. The van der Waals surface area contributed by atoms with Crippen molar-refractivity contribution < 1.29 is 29.1 Å². The molecule has 12 heteroatoms. The number of nitrogens with one attached hydrogen (secondary N) is 4. The number of aryl methyl sites for hydroxylation is 2. The molecule has 0 radical (unpaired) electrons. The number of benzene rings is 2. The minimum Gasteiger partial charge on any atom is -0.508 e. The monoisotopic (exact) mass is 610 g/mol. The number of aromatic hydroxyl groups is 1. The van der Waals surface area contributed by atoms with Crippen LogP contribution in [0.4, 0.5) is 0 Å². The number of primary amides is 1. The highest BCUT2D eigenvalue weighted by molar-refractivity contribution is 5.94. The van der Waals surface area contributed by atoms with Gasteiger partial charge in [0.25, 0.3) is 0 Å². The summed E-state index contributed by atoms with van der Waals surface area (Å²) in [6.07, 6.45) is 0.336. The molecular formula is C32H46N6O6. The Labute approximate surface area is 258 Å². The van der Waals surface area contributed by atoms with Crippen molar-refractivity contribution in [3.8, 4) is 5.75 Å². The second-order valence-electron chi connectivity index (χ2n) is 11.8. The number of phenolic OH excluding ortho intramolecular Hbond substituents is 1. The number of hydrogen-bond acceptors (Lipinski definition) is 7. The molecular weight excluding hydrogens is 564 g/mol. The Morgan fingerprint density at radius 2 is 1.34 bits per heavy atom. The molecule has 4 atom stereocenters. The van der Waals surface area contributed by atoms with Crippen LogP contribution >= 0.6 is 0 Å². The van der Waals surface area contributed by atoms with E-state index in [1.807, 2.05) is 32.0 Å². The molecule has 0 saturated carbocycles. The van der Waals surface area contributed by atoms with Gasteiger partial charge >= 0.3 is 0 Å². The maximum Gasteiger partial charge on any atom is 0.243 e. The zero-order chi connectivity index (χ0) is 33.1. The van der Waals surface area contributed by atoms with Gasteiger partial charge in [0.2, 0.25) is 29.5 Å². The van der Waals surface area contributed by atoms with Gasteiger partial charge in [0.15, 0.2) is 0 Å². The lowest BCUT2D eigenvalue weighted by atomic mass is 9.95. The van der Waals surface area contributed by atoms with Gasteiger partial charge in [0.1, 0.15) is 23.9 Å². The first kappa shape index (κ1) is 35.7. The Morgan fingerprint density at radius 1 is 0.773 bits per heavy atom. The molecule has 0 bridgehead atoms. The summed E-state index contributed by atoms with van der Waals surface area (Å²) in [4.78, 5) is 63.8. The van der Waals surface area contributed by atoms with Crippen LogP contribution in [0.1, 0.15) is 49.9 Å². The van der Waals surface area contributed by atoms with Gasteiger partial charge in [-0.25, -0.2) is 0 Å². The average Bonchev–Trinajstić information content (AvgIpc) is 2.94. The lowest BCUT2D eigenvalue weighted by Gasteiger charge is -2.26. The molecule has 2 rings (SSSR count). The molecule has 0 fully saturated rings. The van der Waals surface area contributed by atoms with Crippen molar-refractivity contribution in [1.82, 2.24) is 21.3 Å². The number of carbonyl (C=O) groups excluding carboxylic acids is 5. The summed E-state index contributed by atoms with van der Waals surface area (Å²) in [5.74, 6) is -3.51. The Hall–Kier alpha value is -4.45. The summed E-state index contributed by atoms with van der Waals surface area (Å²) < 4.78 is 0. The van der Waals surface area contributed by atoms with Crippen LogP contribution in [-0.2, 0) is 36.8 Å². The predicted molar refractivity (Wildman–Crippen MR) is 167 cm³/mol. The highest BCUT2D eigenvalue weighted by Crippen LogP contribution is 2.22. The van der Waals surface area contributed by atoms with Gasteiger partial charge < -0.3 is 37.8 Å². The molecule has 0 aromatic heterocycles. The number of nitrogens with two attached hydrogens (primary N) is 2.